The Hall–Kier alpha value is -1.92. The molecule has 1 aromatic heterocycles. The average molecular weight is 304 g/mol. The first kappa shape index (κ1) is 14.0. The molecule has 1 atom stereocenters. The normalized spacial score (nSPS) is 18.0. The molecular formula is C15H16N2O3S. The lowest BCUT2D eigenvalue weighted by Crippen LogP contribution is -2.29. The van der Waals surface area contributed by atoms with Crippen LogP contribution in [0.2, 0.25) is 0 Å². The zero-order valence-corrected chi connectivity index (χ0v) is 12.3. The van der Waals surface area contributed by atoms with Gasteiger partial charge < -0.3 is 14.7 Å². The lowest BCUT2D eigenvalue weighted by atomic mass is 10.2. The van der Waals surface area contributed by atoms with Gasteiger partial charge >= 0.3 is 0 Å². The monoisotopic (exact) mass is 304 g/mol. The molecule has 3 rings (SSSR count). The molecule has 5 nitrogen and oxygen atoms in total. The van der Waals surface area contributed by atoms with Crippen molar-refractivity contribution < 1.29 is 14.6 Å². The van der Waals surface area contributed by atoms with Gasteiger partial charge in [0.15, 0.2) is 0 Å². The number of aliphatic hydroxyl groups excluding tert-OH is 1. The molecular weight excluding hydrogens is 288 g/mol. The van der Waals surface area contributed by atoms with E-state index >= 15 is 0 Å². The Morgan fingerprint density at radius 2 is 2.33 bits per heavy atom. The molecule has 1 saturated heterocycles. The number of carbonyl (C=O) groups is 1. The van der Waals surface area contributed by atoms with Gasteiger partial charge in [0.25, 0.3) is 5.91 Å². The molecule has 2 heterocycles. The van der Waals surface area contributed by atoms with Crippen molar-refractivity contribution >= 4 is 17.2 Å². The summed E-state index contributed by atoms with van der Waals surface area (Å²) >= 11 is 1.51. The summed E-state index contributed by atoms with van der Waals surface area (Å²) in [7, 11) is 0. The van der Waals surface area contributed by atoms with Crippen LogP contribution >= 0.6 is 11.3 Å². The molecule has 0 radical (unpaired) electrons. The lowest BCUT2D eigenvalue weighted by molar-refractivity contribution is 0.0760. The topological polar surface area (TPSA) is 62.7 Å². The summed E-state index contributed by atoms with van der Waals surface area (Å²) < 4.78 is 5.72. The molecule has 1 amide bonds. The second kappa shape index (κ2) is 6.24. The van der Waals surface area contributed by atoms with Crippen molar-refractivity contribution in [1.82, 2.24) is 9.88 Å². The van der Waals surface area contributed by atoms with E-state index in [9.17, 15) is 9.90 Å². The van der Waals surface area contributed by atoms with Gasteiger partial charge in [0.05, 0.1) is 22.9 Å². The highest BCUT2D eigenvalue weighted by atomic mass is 32.1. The van der Waals surface area contributed by atoms with E-state index < -0.39 is 6.10 Å². The van der Waals surface area contributed by atoms with Crippen molar-refractivity contribution in [2.24, 2.45) is 0 Å². The van der Waals surface area contributed by atoms with E-state index in [1.807, 2.05) is 17.5 Å². The SMILES string of the molecule is O=C(c1ccccc1OCc1cscn1)N1CC[C@@H](O)C1. The first-order valence-electron chi connectivity index (χ1n) is 6.80. The number of hydrogen-bond acceptors (Lipinski definition) is 5. The Morgan fingerprint density at radius 1 is 1.48 bits per heavy atom. The molecule has 2 aromatic rings. The van der Waals surface area contributed by atoms with Crippen molar-refractivity contribution in [2.75, 3.05) is 13.1 Å². The van der Waals surface area contributed by atoms with Crippen molar-refractivity contribution in [1.29, 1.82) is 0 Å². The summed E-state index contributed by atoms with van der Waals surface area (Å²) in [4.78, 5) is 18.3. The number of β-amino-alcohol motifs (C(OH)–C–C–N with tert-alkyl or cyclic N) is 1. The molecule has 1 aromatic carbocycles. The maximum atomic E-state index is 12.5. The van der Waals surface area contributed by atoms with Crippen molar-refractivity contribution in [3.8, 4) is 5.75 Å². The number of nitrogens with zero attached hydrogens (tertiary/aromatic N) is 2. The molecule has 0 bridgehead atoms. The fourth-order valence-electron chi connectivity index (χ4n) is 2.33. The van der Waals surface area contributed by atoms with Gasteiger partial charge in [-0.3, -0.25) is 4.79 Å². The summed E-state index contributed by atoms with van der Waals surface area (Å²) in [5.74, 6) is 0.456. The summed E-state index contributed by atoms with van der Waals surface area (Å²) in [5, 5.41) is 11.5. The second-order valence-corrected chi connectivity index (χ2v) is 5.68. The standard InChI is InChI=1S/C15H16N2O3S/c18-12-5-6-17(7-12)15(19)13-3-1-2-4-14(13)20-8-11-9-21-10-16-11/h1-4,9-10,12,18H,5-8H2/t12-/m1/s1. The molecule has 21 heavy (non-hydrogen) atoms. The Labute approximate surface area is 126 Å². The van der Waals surface area contributed by atoms with E-state index in [-0.39, 0.29) is 5.91 Å². The largest absolute Gasteiger partial charge is 0.486 e. The molecule has 110 valence electrons. The van der Waals surface area contributed by atoms with Crippen LogP contribution in [-0.4, -0.2) is 40.1 Å². The summed E-state index contributed by atoms with van der Waals surface area (Å²) in [5.41, 5.74) is 3.13. The molecule has 1 aliphatic rings. The Bertz CT molecular complexity index is 615. The van der Waals surface area contributed by atoms with Crippen LogP contribution < -0.4 is 4.74 Å². The number of thiazole rings is 1. The smallest absolute Gasteiger partial charge is 0.257 e. The first-order valence-corrected chi connectivity index (χ1v) is 7.74. The minimum Gasteiger partial charge on any atom is -0.486 e. The first-order chi connectivity index (χ1) is 10.2. The molecule has 0 spiro atoms. The van der Waals surface area contributed by atoms with Crippen LogP contribution in [0.15, 0.2) is 35.2 Å². The lowest BCUT2D eigenvalue weighted by Gasteiger charge is -2.17. The molecule has 6 heteroatoms. The average Bonchev–Trinajstić information content (AvgIpc) is 3.16. The van der Waals surface area contributed by atoms with Gasteiger partial charge in [0.1, 0.15) is 12.4 Å². The number of para-hydroxylation sites is 1. The predicted molar refractivity (Wildman–Crippen MR) is 79.4 cm³/mol. The summed E-state index contributed by atoms with van der Waals surface area (Å²) in [6, 6.07) is 7.19. The van der Waals surface area contributed by atoms with E-state index in [1.54, 1.807) is 22.5 Å². The third-order valence-electron chi connectivity index (χ3n) is 3.43. The second-order valence-electron chi connectivity index (χ2n) is 4.96. The zero-order valence-electron chi connectivity index (χ0n) is 11.4. The third kappa shape index (κ3) is 3.22. The van der Waals surface area contributed by atoms with Gasteiger partial charge in [0.2, 0.25) is 0 Å². The van der Waals surface area contributed by atoms with Gasteiger partial charge in [0, 0.05) is 18.5 Å². The number of carbonyl (C=O) groups excluding carboxylic acids is 1. The van der Waals surface area contributed by atoms with Gasteiger partial charge in [-0.2, -0.15) is 0 Å². The molecule has 1 N–H and O–H groups in total. The maximum Gasteiger partial charge on any atom is 0.257 e. The number of likely N-dealkylation sites (tertiary alicyclic amines) is 1. The van der Waals surface area contributed by atoms with Gasteiger partial charge in [-0.15, -0.1) is 11.3 Å². The molecule has 1 fully saturated rings. The van der Waals surface area contributed by atoms with Crippen LogP contribution in [0, 0.1) is 0 Å². The number of hydrogen-bond donors (Lipinski definition) is 1. The number of rotatable bonds is 4. The van der Waals surface area contributed by atoms with Gasteiger partial charge in [-0.25, -0.2) is 4.98 Å². The molecule has 1 aliphatic heterocycles. The highest BCUT2D eigenvalue weighted by Gasteiger charge is 2.27. The highest BCUT2D eigenvalue weighted by Crippen LogP contribution is 2.23. The number of ether oxygens (including phenoxy) is 1. The van der Waals surface area contributed by atoms with E-state index in [1.165, 1.54) is 11.3 Å². The Kier molecular flexibility index (Phi) is 4.17. The van der Waals surface area contributed by atoms with Crippen LogP contribution in [0.4, 0.5) is 0 Å². The van der Waals surface area contributed by atoms with Crippen LogP contribution in [-0.2, 0) is 6.61 Å². The van der Waals surface area contributed by atoms with Crippen LogP contribution in [0.3, 0.4) is 0 Å². The maximum absolute atomic E-state index is 12.5. The van der Waals surface area contributed by atoms with E-state index in [0.29, 0.717) is 37.4 Å². The zero-order chi connectivity index (χ0) is 14.7. The number of aliphatic hydroxyl groups is 1. The van der Waals surface area contributed by atoms with Crippen molar-refractivity contribution in [3.63, 3.8) is 0 Å². The Balaban J connectivity index is 1.74. The fourth-order valence-corrected chi connectivity index (χ4v) is 2.87. The van der Waals surface area contributed by atoms with Crippen molar-refractivity contribution in [2.45, 2.75) is 19.1 Å². The fraction of sp³-hybridized carbons (Fsp3) is 0.333. The molecule has 0 aliphatic carbocycles. The third-order valence-corrected chi connectivity index (χ3v) is 4.06. The minimum atomic E-state index is -0.419. The van der Waals surface area contributed by atoms with Gasteiger partial charge in [-0.1, -0.05) is 12.1 Å². The molecule has 0 unspecified atom stereocenters. The van der Waals surface area contributed by atoms with E-state index in [2.05, 4.69) is 4.98 Å². The van der Waals surface area contributed by atoms with E-state index in [0.717, 1.165) is 5.69 Å². The van der Waals surface area contributed by atoms with E-state index in [4.69, 9.17) is 4.74 Å². The van der Waals surface area contributed by atoms with Crippen LogP contribution in [0.5, 0.6) is 5.75 Å². The van der Waals surface area contributed by atoms with Crippen LogP contribution in [0.1, 0.15) is 22.5 Å². The van der Waals surface area contributed by atoms with Crippen molar-refractivity contribution in [3.05, 3.63) is 46.4 Å². The van der Waals surface area contributed by atoms with Gasteiger partial charge in [-0.05, 0) is 18.6 Å². The number of benzene rings is 1. The highest BCUT2D eigenvalue weighted by molar-refractivity contribution is 7.07. The Morgan fingerprint density at radius 3 is 3.05 bits per heavy atom. The van der Waals surface area contributed by atoms with Crippen LogP contribution in [0.25, 0.3) is 0 Å². The predicted octanol–water partition coefficient (Wildman–Crippen LogP) is 1.93. The molecule has 0 saturated carbocycles. The summed E-state index contributed by atoms with van der Waals surface area (Å²) in [6.07, 6.45) is 0.213. The quantitative estimate of drug-likeness (QED) is 0.937. The summed E-state index contributed by atoms with van der Waals surface area (Å²) in [6.45, 7) is 1.32. The minimum absolute atomic E-state index is 0.0968. The number of aromatic nitrogens is 1. The number of amides is 1.